The fourth-order valence-corrected chi connectivity index (χ4v) is 2.07. The standard InChI is InChI=1S/C15H19N3O2/c1-11(19)12-4-5-14(20)13(8-12)9-17(2)10-15-16-6-7-18(15)3/h4-8,20H,9-10H2,1-3H3. The van der Waals surface area contributed by atoms with Gasteiger partial charge in [-0.15, -0.1) is 0 Å². The second-order valence-electron chi connectivity index (χ2n) is 5.03. The number of ketones is 1. The van der Waals surface area contributed by atoms with E-state index >= 15 is 0 Å². The van der Waals surface area contributed by atoms with Gasteiger partial charge in [0.05, 0.1) is 6.54 Å². The van der Waals surface area contributed by atoms with E-state index in [0.717, 1.165) is 11.4 Å². The molecule has 1 N–H and O–H groups in total. The molecule has 0 atom stereocenters. The maximum absolute atomic E-state index is 11.4. The summed E-state index contributed by atoms with van der Waals surface area (Å²) in [6, 6.07) is 4.95. The lowest BCUT2D eigenvalue weighted by Crippen LogP contribution is -2.19. The minimum atomic E-state index is -0.00185. The molecule has 5 heteroatoms. The van der Waals surface area contributed by atoms with Crippen LogP contribution in [0.2, 0.25) is 0 Å². The second kappa shape index (κ2) is 5.88. The van der Waals surface area contributed by atoms with Crippen molar-refractivity contribution in [3.8, 4) is 5.75 Å². The van der Waals surface area contributed by atoms with Gasteiger partial charge in [-0.3, -0.25) is 9.69 Å². The Morgan fingerprint density at radius 2 is 2.15 bits per heavy atom. The van der Waals surface area contributed by atoms with E-state index in [4.69, 9.17) is 0 Å². The molecule has 0 radical (unpaired) electrons. The average molecular weight is 273 g/mol. The minimum absolute atomic E-state index is 0.00185. The van der Waals surface area contributed by atoms with Gasteiger partial charge in [-0.05, 0) is 32.2 Å². The first kappa shape index (κ1) is 14.3. The van der Waals surface area contributed by atoms with Crippen LogP contribution in [0, 0.1) is 0 Å². The zero-order valence-corrected chi connectivity index (χ0v) is 12.0. The van der Waals surface area contributed by atoms with Gasteiger partial charge in [0, 0.05) is 37.1 Å². The number of carbonyl (C=O) groups is 1. The van der Waals surface area contributed by atoms with E-state index in [1.165, 1.54) is 6.92 Å². The van der Waals surface area contributed by atoms with Crippen molar-refractivity contribution >= 4 is 5.78 Å². The van der Waals surface area contributed by atoms with E-state index in [0.29, 0.717) is 18.7 Å². The summed E-state index contributed by atoms with van der Waals surface area (Å²) in [5.41, 5.74) is 1.36. The lowest BCUT2D eigenvalue weighted by molar-refractivity contribution is 0.101. The number of aromatic nitrogens is 2. The first-order valence-electron chi connectivity index (χ1n) is 6.45. The molecule has 106 valence electrons. The predicted octanol–water partition coefficient (Wildman–Crippen LogP) is 1.96. The second-order valence-corrected chi connectivity index (χ2v) is 5.03. The number of phenolic OH excluding ortho intramolecular Hbond substituents is 1. The molecule has 0 aliphatic heterocycles. The zero-order valence-electron chi connectivity index (χ0n) is 12.0. The van der Waals surface area contributed by atoms with E-state index in [2.05, 4.69) is 4.98 Å². The number of phenols is 1. The quantitative estimate of drug-likeness (QED) is 0.846. The van der Waals surface area contributed by atoms with Crippen molar-refractivity contribution in [2.45, 2.75) is 20.0 Å². The summed E-state index contributed by atoms with van der Waals surface area (Å²) in [5, 5.41) is 9.89. The zero-order chi connectivity index (χ0) is 14.7. The topological polar surface area (TPSA) is 58.4 Å². The minimum Gasteiger partial charge on any atom is -0.508 e. The number of Topliss-reactive ketones (excluding diaryl/α,β-unsaturated/α-hetero) is 1. The van der Waals surface area contributed by atoms with Gasteiger partial charge in [-0.2, -0.15) is 0 Å². The highest BCUT2D eigenvalue weighted by atomic mass is 16.3. The number of benzene rings is 1. The summed E-state index contributed by atoms with van der Waals surface area (Å²) in [4.78, 5) is 17.7. The molecule has 0 bridgehead atoms. The Hall–Kier alpha value is -2.14. The normalized spacial score (nSPS) is 11.0. The molecular formula is C15H19N3O2. The first-order chi connectivity index (χ1) is 9.47. The van der Waals surface area contributed by atoms with E-state index in [1.807, 2.05) is 29.8 Å². The van der Waals surface area contributed by atoms with Gasteiger partial charge in [-0.1, -0.05) is 0 Å². The van der Waals surface area contributed by atoms with E-state index in [9.17, 15) is 9.90 Å². The summed E-state index contributed by atoms with van der Waals surface area (Å²) in [6.45, 7) is 2.75. The number of hydrogen-bond acceptors (Lipinski definition) is 4. The molecule has 0 aliphatic carbocycles. The van der Waals surface area contributed by atoms with Gasteiger partial charge < -0.3 is 9.67 Å². The first-order valence-corrected chi connectivity index (χ1v) is 6.45. The van der Waals surface area contributed by atoms with Crippen LogP contribution in [-0.2, 0) is 20.1 Å². The average Bonchev–Trinajstić information content (AvgIpc) is 2.77. The SMILES string of the molecule is CC(=O)c1ccc(O)c(CN(C)Cc2nccn2C)c1. The Balaban J connectivity index is 2.11. The van der Waals surface area contributed by atoms with Crippen molar-refractivity contribution in [2.24, 2.45) is 7.05 Å². The third-order valence-corrected chi connectivity index (χ3v) is 3.26. The number of imidazole rings is 1. The smallest absolute Gasteiger partial charge is 0.159 e. The number of hydrogen-bond donors (Lipinski definition) is 1. The molecular weight excluding hydrogens is 254 g/mol. The molecule has 1 heterocycles. The lowest BCUT2D eigenvalue weighted by atomic mass is 10.1. The molecule has 20 heavy (non-hydrogen) atoms. The highest BCUT2D eigenvalue weighted by Crippen LogP contribution is 2.20. The number of rotatable bonds is 5. The molecule has 0 amide bonds. The summed E-state index contributed by atoms with van der Waals surface area (Å²) in [5.74, 6) is 1.16. The van der Waals surface area contributed by atoms with Crippen LogP contribution < -0.4 is 0 Å². The van der Waals surface area contributed by atoms with Gasteiger partial charge >= 0.3 is 0 Å². The van der Waals surface area contributed by atoms with Crippen LogP contribution in [-0.4, -0.2) is 32.4 Å². The predicted molar refractivity (Wildman–Crippen MR) is 76.5 cm³/mol. The number of carbonyl (C=O) groups excluding carboxylic acids is 1. The Morgan fingerprint density at radius 1 is 1.40 bits per heavy atom. The van der Waals surface area contributed by atoms with Crippen LogP contribution in [0.5, 0.6) is 5.75 Å². The Morgan fingerprint density at radius 3 is 2.75 bits per heavy atom. The third kappa shape index (κ3) is 3.24. The molecule has 0 spiro atoms. The third-order valence-electron chi connectivity index (χ3n) is 3.26. The largest absolute Gasteiger partial charge is 0.508 e. The van der Waals surface area contributed by atoms with Crippen LogP contribution in [0.15, 0.2) is 30.6 Å². The molecule has 0 unspecified atom stereocenters. The maximum atomic E-state index is 11.4. The summed E-state index contributed by atoms with van der Waals surface area (Å²) in [6.07, 6.45) is 3.66. The molecule has 0 aliphatic rings. The highest BCUT2D eigenvalue weighted by molar-refractivity contribution is 5.94. The fourth-order valence-electron chi connectivity index (χ4n) is 2.07. The van der Waals surface area contributed by atoms with E-state index in [1.54, 1.807) is 24.4 Å². The summed E-state index contributed by atoms with van der Waals surface area (Å²) < 4.78 is 1.96. The van der Waals surface area contributed by atoms with Crippen molar-refractivity contribution < 1.29 is 9.90 Å². The highest BCUT2D eigenvalue weighted by Gasteiger charge is 2.10. The summed E-state index contributed by atoms with van der Waals surface area (Å²) >= 11 is 0. The van der Waals surface area contributed by atoms with E-state index < -0.39 is 0 Å². The van der Waals surface area contributed by atoms with Crippen molar-refractivity contribution in [3.63, 3.8) is 0 Å². The monoisotopic (exact) mass is 273 g/mol. The van der Waals surface area contributed by atoms with Crippen molar-refractivity contribution in [2.75, 3.05) is 7.05 Å². The van der Waals surface area contributed by atoms with Crippen LogP contribution >= 0.6 is 0 Å². The van der Waals surface area contributed by atoms with Gasteiger partial charge in [0.25, 0.3) is 0 Å². The summed E-state index contributed by atoms with van der Waals surface area (Å²) in [7, 11) is 3.90. The van der Waals surface area contributed by atoms with Gasteiger partial charge in [0.2, 0.25) is 0 Å². The number of nitrogens with zero attached hydrogens (tertiary/aromatic N) is 3. The Bertz CT molecular complexity index is 619. The Kier molecular flexibility index (Phi) is 4.20. The van der Waals surface area contributed by atoms with Gasteiger partial charge in [0.15, 0.2) is 5.78 Å². The molecule has 0 saturated carbocycles. The van der Waals surface area contributed by atoms with Crippen LogP contribution in [0.25, 0.3) is 0 Å². The molecule has 2 rings (SSSR count). The lowest BCUT2D eigenvalue weighted by Gasteiger charge is -2.17. The maximum Gasteiger partial charge on any atom is 0.159 e. The van der Waals surface area contributed by atoms with Crippen LogP contribution in [0.1, 0.15) is 28.7 Å². The van der Waals surface area contributed by atoms with E-state index in [-0.39, 0.29) is 11.5 Å². The van der Waals surface area contributed by atoms with Crippen molar-refractivity contribution in [1.29, 1.82) is 0 Å². The molecule has 0 saturated heterocycles. The van der Waals surface area contributed by atoms with Gasteiger partial charge in [0.1, 0.15) is 11.6 Å². The molecule has 5 nitrogen and oxygen atoms in total. The van der Waals surface area contributed by atoms with Gasteiger partial charge in [-0.25, -0.2) is 4.98 Å². The fraction of sp³-hybridized carbons (Fsp3) is 0.333. The Labute approximate surface area is 118 Å². The molecule has 0 fully saturated rings. The van der Waals surface area contributed by atoms with Crippen LogP contribution in [0.4, 0.5) is 0 Å². The van der Waals surface area contributed by atoms with Crippen molar-refractivity contribution in [1.82, 2.24) is 14.5 Å². The molecule has 1 aromatic carbocycles. The molecule has 1 aromatic heterocycles. The van der Waals surface area contributed by atoms with Crippen molar-refractivity contribution in [3.05, 3.63) is 47.5 Å². The van der Waals surface area contributed by atoms with Crippen LogP contribution in [0.3, 0.4) is 0 Å². The molecule has 2 aromatic rings. The number of aromatic hydroxyl groups is 1. The number of aryl methyl sites for hydroxylation is 1.